The first-order valence-electron chi connectivity index (χ1n) is 8.94. The lowest BCUT2D eigenvalue weighted by Gasteiger charge is -2.19. The van der Waals surface area contributed by atoms with E-state index in [9.17, 15) is 18.0 Å². The Balaban J connectivity index is 1.87. The van der Waals surface area contributed by atoms with Gasteiger partial charge in [0.1, 0.15) is 5.75 Å². The number of nitrogens with zero attached hydrogens (tertiary/aromatic N) is 2. The molecule has 0 aliphatic carbocycles. The Morgan fingerprint density at radius 3 is 2.70 bits per heavy atom. The van der Waals surface area contributed by atoms with E-state index in [1.54, 1.807) is 31.1 Å². The van der Waals surface area contributed by atoms with Crippen LogP contribution in [-0.2, 0) is 19.6 Å². The number of hydrogen-bond donors (Lipinski definition) is 1. The van der Waals surface area contributed by atoms with E-state index >= 15 is 0 Å². The van der Waals surface area contributed by atoms with Gasteiger partial charge in [-0.05, 0) is 18.6 Å². The molecule has 1 unspecified atom stereocenters. The number of amides is 2. The number of rotatable bonds is 9. The number of para-hydroxylation sites is 2. The molecule has 2 rings (SSSR count). The molecule has 1 fully saturated rings. The van der Waals surface area contributed by atoms with Crippen molar-refractivity contribution in [2.75, 3.05) is 44.4 Å². The SMILES string of the molecule is CCN(CCCNC(=O)C1CC(=O)N(c2ccccc2OC)C1)S(C)(=O)=O. The number of anilines is 1. The van der Waals surface area contributed by atoms with E-state index in [2.05, 4.69) is 5.32 Å². The maximum Gasteiger partial charge on any atom is 0.227 e. The number of methoxy groups -OCH3 is 1. The van der Waals surface area contributed by atoms with Crippen LogP contribution in [0.25, 0.3) is 0 Å². The van der Waals surface area contributed by atoms with Gasteiger partial charge in [-0.3, -0.25) is 9.59 Å². The van der Waals surface area contributed by atoms with Crippen LogP contribution < -0.4 is 15.0 Å². The zero-order valence-corrected chi connectivity index (χ0v) is 16.8. The number of ether oxygens (including phenoxy) is 1. The Kier molecular flexibility index (Phi) is 7.20. The summed E-state index contributed by atoms with van der Waals surface area (Å²) in [5.74, 6) is -0.149. The molecule has 1 atom stereocenters. The predicted octanol–water partition coefficient (Wildman–Crippen LogP) is 0.836. The minimum absolute atomic E-state index is 0.117. The lowest BCUT2D eigenvalue weighted by Crippen LogP contribution is -2.36. The van der Waals surface area contributed by atoms with Crippen molar-refractivity contribution < 1.29 is 22.7 Å². The van der Waals surface area contributed by atoms with Gasteiger partial charge >= 0.3 is 0 Å². The summed E-state index contributed by atoms with van der Waals surface area (Å²) in [5.41, 5.74) is 0.659. The van der Waals surface area contributed by atoms with Gasteiger partial charge in [0.05, 0.1) is 25.0 Å². The molecule has 2 amide bonds. The molecule has 0 saturated carbocycles. The summed E-state index contributed by atoms with van der Waals surface area (Å²) in [7, 11) is -1.68. The maximum absolute atomic E-state index is 12.4. The summed E-state index contributed by atoms with van der Waals surface area (Å²) in [6.45, 7) is 3.19. The first-order chi connectivity index (χ1) is 12.8. The van der Waals surface area contributed by atoms with Crippen LogP contribution in [0.15, 0.2) is 24.3 Å². The highest BCUT2D eigenvalue weighted by atomic mass is 32.2. The van der Waals surface area contributed by atoms with E-state index in [0.29, 0.717) is 44.0 Å². The van der Waals surface area contributed by atoms with Crippen molar-refractivity contribution >= 4 is 27.5 Å². The summed E-state index contributed by atoms with van der Waals surface area (Å²) in [4.78, 5) is 26.3. The molecular weight excluding hydrogens is 370 g/mol. The lowest BCUT2D eigenvalue weighted by molar-refractivity contribution is -0.126. The van der Waals surface area contributed by atoms with Gasteiger partial charge in [-0.1, -0.05) is 19.1 Å². The molecule has 9 heteroatoms. The number of nitrogens with one attached hydrogen (secondary N) is 1. The summed E-state index contributed by atoms with van der Waals surface area (Å²) in [6, 6.07) is 7.21. The van der Waals surface area contributed by atoms with Crippen molar-refractivity contribution in [1.82, 2.24) is 9.62 Å². The van der Waals surface area contributed by atoms with E-state index in [4.69, 9.17) is 4.74 Å². The third-order valence-corrected chi connectivity index (χ3v) is 5.96. The molecular formula is C18H27N3O5S. The normalized spacial score (nSPS) is 17.4. The molecule has 1 aliphatic heterocycles. The summed E-state index contributed by atoms with van der Waals surface area (Å²) < 4.78 is 29.7. The van der Waals surface area contributed by atoms with Gasteiger partial charge < -0.3 is 15.0 Å². The fourth-order valence-corrected chi connectivity index (χ4v) is 4.07. The van der Waals surface area contributed by atoms with E-state index in [1.165, 1.54) is 10.6 Å². The molecule has 0 aromatic heterocycles. The van der Waals surface area contributed by atoms with Gasteiger partial charge in [0, 0.05) is 32.6 Å². The molecule has 1 N–H and O–H groups in total. The van der Waals surface area contributed by atoms with Gasteiger partial charge in [-0.15, -0.1) is 0 Å². The Labute approximate surface area is 160 Å². The van der Waals surface area contributed by atoms with Crippen LogP contribution in [0.5, 0.6) is 5.75 Å². The lowest BCUT2D eigenvalue weighted by atomic mass is 10.1. The molecule has 0 radical (unpaired) electrons. The van der Waals surface area contributed by atoms with E-state index in [1.807, 2.05) is 12.1 Å². The molecule has 1 aromatic carbocycles. The predicted molar refractivity (Wildman–Crippen MR) is 103 cm³/mol. The largest absolute Gasteiger partial charge is 0.495 e. The molecule has 8 nitrogen and oxygen atoms in total. The van der Waals surface area contributed by atoms with Crippen LogP contribution in [0.4, 0.5) is 5.69 Å². The molecule has 1 aromatic rings. The second-order valence-electron chi connectivity index (χ2n) is 6.48. The molecule has 1 saturated heterocycles. The molecule has 0 bridgehead atoms. The van der Waals surface area contributed by atoms with Crippen molar-refractivity contribution in [3.8, 4) is 5.75 Å². The van der Waals surface area contributed by atoms with Crippen LogP contribution in [0, 0.1) is 5.92 Å². The number of sulfonamides is 1. The van der Waals surface area contributed by atoms with Gasteiger partial charge in [-0.25, -0.2) is 12.7 Å². The second kappa shape index (κ2) is 9.18. The van der Waals surface area contributed by atoms with Crippen LogP contribution in [0.2, 0.25) is 0 Å². The van der Waals surface area contributed by atoms with Crippen molar-refractivity contribution in [3.63, 3.8) is 0 Å². The van der Waals surface area contributed by atoms with Crippen LogP contribution in [0.3, 0.4) is 0 Å². The third kappa shape index (κ3) is 5.43. The van der Waals surface area contributed by atoms with Crippen LogP contribution >= 0.6 is 0 Å². The zero-order valence-electron chi connectivity index (χ0n) is 16.0. The summed E-state index contributed by atoms with van der Waals surface area (Å²) >= 11 is 0. The quantitative estimate of drug-likeness (QED) is 0.623. The first kappa shape index (κ1) is 21.2. The van der Waals surface area contributed by atoms with E-state index in [0.717, 1.165) is 0 Å². The Morgan fingerprint density at radius 2 is 2.07 bits per heavy atom. The topological polar surface area (TPSA) is 96.0 Å². The van der Waals surface area contributed by atoms with Gasteiger partial charge in [-0.2, -0.15) is 0 Å². The minimum Gasteiger partial charge on any atom is -0.495 e. The fourth-order valence-electron chi connectivity index (χ4n) is 3.14. The van der Waals surface area contributed by atoms with E-state index < -0.39 is 15.9 Å². The Hall–Kier alpha value is -2.13. The summed E-state index contributed by atoms with van der Waals surface area (Å²) in [6.07, 6.45) is 1.84. The molecule has 1 aliphatic rings. The third-order valence-electron chi connectivity index (χ3n) is 4.58. The fraction of sp³-hybridized carbons (Fsp3) is 0.556. The van der Waals surface area contributed by atoms with Crippen molar-refractivity contribution in [2.45, 2.75) is 19.8 Å². The monoisotopic (exact) mass is 397 g/mol. The molecule has 150 valence electrons. The number of benzene rings is 1. The highest BCUT2D eigenvalue weighted by Crippen LogP contribution is 2.32. The maximum atomic E-state index is 12.4. The van der Waals surface area contributed by atoms with Gasteiger partial charge in [0.2, 0.25) is 21.8 Å². The first-order valence-corrected chi connectivity index (χ1v) is 10.8. The van der Waals surface area contributed by atoms with Crippen LogP contribution in [0.1, 0.15) is 19.8 Å². The second-order valence-corrected chi connectivity index (χ2v) is 8.46. The van der Waals surface area contributed by atoms with Crippen molar-refractivity contribution in [1.29, 1.82) is 0 Å². The number of carbonyl (C=O) groups excluding carboxylic acids is 2. The molecule has 0 spiro atoms. The minimum atomic E-state index is -3.23. The van der Waals surface area contributed by atoms with Gasteiger partial charge in [0.15, 0.2) is 0 Å². The molecule has 1 heterocycles. The Morgan fingerprint density at radius 1 is 1.37 bits per heavy atom. The van der Waals surface area contributed by atoms with Crippen molar-refractivity contribution in [3.05, 3.63) is 24.3 Å². The van der Waals surface area contributed by atoms with Gasteiger partial charge in [0.25, 0.3) is 0 Å². The highest BCUT2D eigenvalue weighted by Gasteiger charge is 2.36. The number of hydrogen-bond acceptors (Lipinski definition) is 5. The van der Waals surface area contributed by atoms with Crippen molar-refractivity contribution in [2.24, 2.45) is 5.92 Å². The summed E-state index contributed by atoms with van der Waals surface area (Å²) in [5, 5.41) is 2.81. The zero-order chi connectivity index (χ0) is 20.0. The average molecular weight is 397 g/mol. The number of carbonyl (C=O) groups is 2. The highest BCUT2D eigenvalue weighted by molar-refractivity contribution is 7.88. The Bertz CT molecular complexity index is 781. The van der Waals surface area contributed by atoms with Crippen LogP contribution in [-0.4, -0.2) is 64.1 Å². The molecule has 27 heavy (non-hydrogen) atoms. The average Bonchev–Trinajstić information content (AvgIpc) is 3.02. The van der Waals surface area contributed by atoms with E-state index in [-0.39, 0.29) is 18.2 Å². The standard InChI is InChI=1S/C18H27N3O5S/c1-4-20(27(3,24)25)11-7-10-19-18(23)14-12-17(22)21(13-14)15-8-5-6-9-16(15)26-2/h5-6,8-9,14H,4,7,10-13H2,1-3H3,(H,19,23). The smallest absolute Gasteiger partial charge is 0.227 e.